The van der Waals surface area contributed by atoms with E-state index in [2.05, 4.69) is 14.7 Å². The van der Waals surface area contributed by atoms with Gasteiger partial charge in [-0.3, -0.25) is 43.4 Å². The van der Waals surface area contributed by atoms with Crippen LogP contribution in [0, 0.1) is 17.5 Å². The molecule has 80 heavy (non-hydrogen) atoms. The molecule has 29 heteroatoms. The van der Waals surface area contributed by atoms with Crippen LogP contribution >= 0.6 is 0 Å². The van der Waals surface area contributed by atoms with Gasteiger partial charge in [-0.05, 0) is 39.3 Å². The van der Waals surface area contributed by atoms with Gasteiger partial charge in [0.2, 0.25) is 16.3 Å². The van der Waals surface area contributed by atoms with Gasteiger partial charge in [0.25, 0.3) is 0 Å². The summed E-state index contributed by atoms with van der Waals surface area (Å²) in [5.74, 6) is -4.89. The predicted octanol–water partition coefficient (Wildman–Crippen LogP) is 0.319. The smallest absolute Gasteiger partial charge is 0.477 e. The number of aromatic nitrogens is 3. The minimum absolute atomic E-state index is 0. The number of benzene rings is 3. The van der Waals surface area contributed by atoms with Crippen LogP contribution in [0.2, 0.25) is 0 Å². The molecular formula is C51H59CaF3N12O13+2. The average molecular weight is 1150 g/mol. The summed E-state index contributed by atoms with van der Waals surface area (Å²) in [5.41, 5.74) is -1.18. The maximum absolute atomic E-state index is 15.0. The second-order valence-corrected chi connectivity index (χ2v) is 20.0. The molecule has 12 rings (SSSR count). The van der Waals surface area contributed by atoms with Gasteiger partial charge in [-0.1, -0.05) is 0 Å². The Bertz CT molecular complexity index is 3280. The Balaban J connectivity index is 0.000000156. The summed E-state index contributed by atoms with van der Waals surface area (Å²) in [4.78, 5) is 84.1. The first-order valence-corrected chi connectivity index (χ1v) is 24.9. The molecule has 0 amide bonds. The number of carboxylic acid groups (broad SMARTS) is 3. The summed E-state index contributed by atoms with van der Waals surface area (Å²) >= 11 is 0. The fraction of sp³-hybridized carbons (Fsp3) is 0.412. The summed E-state index contributed by atoms with van der Waals surface area (Å²) in [5, 5.41) is 32.8. The van der Waals surface area contributed by atoms with Crippen LogP contribution in [0.3, 0.4) is 0 Å². The number of likely N-dealkylation sites (N-methyl/N-ethyl adjacent to an activating group) is 3. The first-order valence-electron chi connectivity index (χ1n) is 24.9. The first-order chi connectivity index (χ1) is 37.1. The number of hydrogen-bond acceptors (Lipinski definition) is 18. The summed E-state index contributed by atoms with van der Waals surface area (Å²) in [6, 6.07) is 3.38. The Kier molecular flexibility index (Phi) is 17.0. The monoisotopic (exact) mass is 1140 g/mol. The molecule has 3 fully saturated rings. The van der Waals surface area contributed by atoms with Crippen LogP contribution in [0.5, 0.6) is 17.2 Å². The zero-order valence-corrected chi connectivity index (χ0v) is 47.0. The van der Waals surface area contributed by atoms with Crippen molar-refractivity contribution in [1.82, 2.24) is 28.7 Å². The molecule has 6 aromatic rings. The predicted molar refractivity (Wildman–Crippen MR) is 293 cm³/mol. The van der Waals surface area contributed by atoms with Crippen molar-refractivity contribution in [2.75, 3.05) is 171 Å². The topological polar surface area (TPSA) is 266 Å². The van der Waals surface area contributed by atoms with Crippen LogP contribution in [0.25, 0.3) is 32.7 Å². The Morgan fingerprint density at radius 2 is 0.650 bits per heavy atom. The van der Waals surface area contributed by atoms with Crippen LogP contribution in [0.4, 0.5) is 30.2 Å². The zero-order chi connectivity index (χ0) is 55.8. The number of ether oxygens (including phenoxy) is 3. The molecule has 0 unspecified atom stereocenters. The standard InChI is InChI=1S/3C17H19FN4O4.Ca.H2O/c3*1-19-3-5-21(6-4-19)14-12(18)7-10-13-16(14)26-9-20(2)22(13)8-11(15(10)23)17(24)25;;/h3*7-8H,3-6,9H2,1-2H3,(H,24,25);;1H2/q;;;+2;. The van der Waals surface area contributed by atoms with E-state index in [1.54, 1.807) is 50.2 Å². The molecule has 9 heterocycles. The number of rotatable bonds is 6. The third-order valence-corrected chi connectivity index (χ3v) is 14.9. The minimum atomic E-state index is -1.34. The molecule has 6 aliphatic heterocycles. The molecule has 6 aliphatic rings. The summed E-state index contributed by atoms with van der Waals surface area (Å²) in [7, 11) is 11.1. The van der Waals surface area contributed by atoms with Gasteiger partial charge >= 0.3 is 55.6 Å². The number of nitrogens with zero attached hydrogens (tertiary/aromatic N) is 12. The molecule has 3 saturated heterocycles. The Labute approximate surface area is 483 Å². The maximum Gasteiger partial charge on any atom is 2.00 e. The number of hydrogen-bond donors (Lipinski definition) is 3. The van der Waals surface area contributed by atoms with Crippen LogP contribution < -0.4 is 60.2 Å². The van der Waals surface area contributed by atoms with Crippen molar-refractivity contribution >= 4 is 105 Å². The van der Waals surface area contributed by atoms with Crippen LogP contribution in [-0.2, 0) is 0 Å². The van der Waals surface area contributed by atoms with Crippen molar-refractivity contribution < 1.29 is 62.6 Å². The Morgan fingerprint density at radius 1 is 0.425 bits per heavy atom. The number of aromatic carboxylic acids is 3. The van der Waals surface area contributed by atoms with Crippen LogP contribution in [0.1, 0.15) is 31.1 Å². The van der Waals surface area contributed by atoms with Crippen molar-refractivity contribution in [3.63, 3.8) is 0 Å². The van der Waals surface area contributed by atoms with Crippen molar-refractivity contribution in [1.29, 1.82) is 0 Å². The molecule has 0 radical (unpaired) electrons. The normalized spacial score (nSPS) is 17.1. The van der Waals surface area contributed by atoms with E-state index in [1.807, 2.05) is 35.8 Å². The van der Waals surface area contributed by atoms with Gasteiger partial charge in [0.1, 0.15) is 50.3 Å². The van der Waals surface area contributed by atoms with Gasteiger partial charge in [0, 0.05) is 118 Å². The molecule has 0 atom stereocenters. The van der Waals surface area contributed by atoms with Gasteiger partial charge in [-0.2, -0.15) is 0 Å². The van der Waals surface area contributed by atoms with E-state index < -0.39 is 68.3 Å². The van der Waals surface area contributed by atoms with Gasteiger partial charge in [0.05, 0.1) is 16.2 Å². The molecule has 0 bridgehead atoms. The molecule has 422 valence electrons. The largest absolute Gasteiger partial charge is 2.00 e. The van der Waals surface area contributed by atoms with E-state index in [0.717, 1.165) is 57.5 Å². The molecule has 0 aliphatic carbocycles. The molecule has 3 aromatic heterocycles. The Morgan fingerprint density at radius 3 is 0.863 bits per heavy atom. The molecule has 5 N–H and O–H groups in total. The second kappa shape index (κ2) is 23.1. The van der Waals surface area contributed by atoms with E-state index in [-0.39, 0.29) is 96.8 Å². The quantitative estimate of drug-likeness (QED) is 0.190. The summed E-state index contributed by atoms with van der Waals surface area (Å²) in [6.45, 7) is 8.97. The molecular weight excluding hydrogens is 1090 g/mol. The third-order valence-electron chi connectivity index (χ3n) is 14.9. The van der Waals surface area contributed by atoms with Crippen molar-refractivity contribution in [2.45, 2.75) is 0 Å². The van der Waals surface area contributed by atoms with Gasteiger partial charge < -0.3 is 64.4 Å². The van der Waals surface area contributed by atoms with Crippen LogP contribution in [0.15, 0.2) is 51.2 Å². The number of pyridine rings is 3. The average Bonchev–Trinajstić information content (AvgIpc) is 3.52. The zero-order valence-electron chi connectivity index (χ0n) is 44.8. The van der Waals surface area contributed by atoms with Crippen molar-refractivity contribution in [2.24, 2.45) is 0 Å². The van der Waals surface area contributed by atoms with E-state index in [4.69, 9.17) is 14.2 Å². The van der Waals surface area contributed by atoms with E-state index >= 15 is 0 Å². The van der Waals surface area contributed by atoms with Gasteiger partial charge in [-0.15, -0.1) is 0 Å². The fourth-order valence-electron chi connectivity index (χ4n) is 10.5. The molecule has 3 aromatic carbocycles. The number of carboxylic acids is 3. The Hall–Kier alpha value is -7.21. The first kappa shape index (κ1) is 58.9. The van der Waals surface area contributed by atoms with E-state index in [9.17, 15) is 57.3 Å². The van der Waals surface area contributed by atoms with E-state index in [1.165, 1.54) is 18.6 Å². The molecule has 25 nitrogen and oxygen atoms in total. The van der Waals surface area contributed by atoms with Gasteiger partial charge in [0.15, 0.2) is 54.9 Å². The van der Waals surface area contributed by atoms with Gasteiger partial charge in [-0.25, -0.2) is 27.6 Å². The van der Waals surface area contributed by atoms with E-state index in [0.29, 0.717) is 72.9 Å². The van der Waals surface area contributed by atoms with Crippen molar-refractivity contribution in [3.8, 4) is 17.2 Å². The van der Waals surface area contributed by atoms with Crippen LogP contribution in [-0.4, -0.2) is 246 Å². The molecule has 0 spiro atoms. The number of anilines is 3. The third kappa shape index (κ3) is 10.4. The molecule has 0 saturated carbocycles. The number of carbonyl (C=O) groups is 3. The number of halogens is 3. The SMILES string of the molecule is CN1CCN(c2c(F)cc3c(=O)c(C(=O)O)cn4c3c2OCN4C)CC1.CN1CCN(c2c(F)cc3c(=O)c(C(=O)O)cn4c3c2OCN4C)CC1.CN1CCN(c2c(F)cc3c(=O)c(C(=O)O)cn4c3c2OCN4C)CC1.O.[Ca+2]. The maximum atomic E-state index is 15.0. The summed E-state index contributed by atoms with van der Waals surface area (Å²) < 4.78 is 66.9. The number of piperazine rings is 3. The summed E-state index contributed by atoms with van der Waals surface area (Å²) in [6.07, 6.45) is 3.81. The minimum Gasteiger partial charge on any atom is -0.477 e. The second-order valence-electron chi connectivity index (χ2n) is 20.0. The fourth-order valence-corrected chi connectivity index (χ4v) is 10.5. The van der Waals surface area contributed by atoms with Crippen molar-refractivity contribution in [3.05, 3.63) is 102 Å².